The summed E-state index contributed by atoms with van der Waals surface area (Å²) < 4.78 is 18.6. The zero-order valence-corrected chi connectivity index (χ0v) is 24.1. The van der Waals surface area contributed by atoms with Crippen LogP contribution in [-0.2, 0) is 16.0 Å². The van der Waals surface area contributed by atoms with Gasteiger partial charge in [-0.25, -0.2) is 9.79 Å². The lowest BCUT2D eigenvalue weighted by Crippen LogP contribution is -2.39. The summed E-state index contributed by atoms with van der Waals surface area (Å²) in [4.78, 5) is 32.0. The third kappa shape index (κ3) is 5.47. The van der Waals surface area contributed by atoms with Crippen LogP contribution in [0.2, 0.25) is 0 Å². The number of hydrogen-bond donors (Lipinski definition) is 0. The Kier molecular flexibility index (Phi) is 8.55. The fourth-order valence-corrected chi connectivity index (χ4v) is 5.84. The maximum absolute atomic E-state index is 13.9. The maximum Gasteiger partial charge on any atom is 0.338 e. The van der Waals surface area contributed by atoms with Crippen molar-refractivity contribution < 1.29 is 19.0 Å². The van der Waals surface area contributed by atoms with Crippen molar-refractivity contribution in [1.82, 2.24) is 4.57 Å². The molecule has 0 aliphatic carbocycles. The van der Waals surface area contributed by atoms with E-state index in [1.807, 2.05) is 49.4 Å². The van der Waals surface area contributed by atoms with Crippen LogP contribution in [-0.4, -0.2) is 31.4 Å². The molecule has 1 aromatic heterocycles. The van der Waals surface area contributed by atoms with Crippen LogP contribution in [0.3, 0.4) is 0 Å². The van der Waals surface area contributed by atoms with Crippen LogP contribution in [0.4, 0.5) is 0 Å². The highest BCUT2D eigenvalue weighted by Gasteiger charge is 2.33. The molecule has 0 spiro atoms. The summed E-state index contributed by atoms with van der Waals surface area (Å²) in [5.41, 5.74) is 4.34. The van der Waals surface area contributed by atoms with Gasteiger partial charge in [-0.1, -0.05) is 55.5 Å². The van der Waals surface area contributed by atoms with E-state index in [0.29, 0.717) is 51.0 Å². The molecule has 1 atom stereocenters. The molecule has 0 N–H and O–H groups in total. The molecule has 0 bridgehead atoms. The number of hydrogen-bond acceptors (Lipinski definition) is 7. The number of thiazole rings is 1. The molecule has 0 radical (unpaired) electrons. The Morgan fingerprint density at radius 3 is 2.51 bits per heavy atom. The topological polar surface area (TPSA) is 79.1 Å². The van der Waals surface area contributed by atoms with Crippen molar-refractivity contribution in [2.75, 3.05) is 20.8 Å². The smallest absolute Gasteiger partial charge is 0.338 e. The highest BCUT2D eigenvalue weighted by atomic mass is 32.1. The fourth-order valence-electron chi connectivity index (χ4n) is 4.79. The van der Waals surface area contributed by atoms with Crippen LogP contribution >= 0.6 is 11.3 Å². The van der Waals surface area contributed by atoms with Gasteiger partial charge in [0, 0.05) is 5.56 Å². The molecule has 7 nitrogen and oxygen atoms in total. The quantitative estimate of drug-likeness (QED) is 0.288. The number of benzene rings is 2. The van der Waals surface area contributed by atoms with Gasteiger partial charge in [-0.2, -0.15) is 0 Å². The van der Waals surface area contributed by atoms with Crippen molar-refractivity contribution in [3.8, 4) is 11.5 Å². The molecule has 1 unspecified atom stereocenters. The second-order valence-corrected chi connectivity index (χ2v) is 10.5. The Balaban J connectivity index is 1.94. The van der Waals surface area contributed by atoms with Gasteiger partial charge in [0.25, 0.3) is 5.56 Å². The van der Waals surface area contributed by atoms with Gasteiger partial charge in [0.2, 0.25) is 0 Å². The lowest BCUT2D eigenvalue weighted by atomic mass is 9.93. The molecule has 0 saturated carbocycles. The van der Waals surface area contributed by atoms with Gasteiger partial charge in [0.05, 0.1) is 42.7 Å². The van der Waals surface area contributed by atoms with E-state index < -0.39 is 12.0 Å². The minimum Gasteiger partial charge on any atom is -0.493 e. The molecule has 2 aromatic carbocycles. The van der Waals surface area contributed by atoms with Crippen LogP contribution in [0.15, 0.2) is 70.1 Å². The number of ether oxygens (including phenoxy) is 3. The number of methoxy groups -OCH3 is 2. The number of allylic oxidation sites excluding steroid dienone is 2. The van der Waals surface area contributed by atoms with E-state index in [1.165, 1.54) is 24.0 Å². The van der Waals surface area contributed by atoms with Gasteiger partial charge >= 0.3 is 5.97 Å². The zero-order valence-electron chi connectivity index (χ0n) is 23.2. The number of fused-ring (bicyclic) bond motifs is 1. The third-order valence-electron chi connectivity index (χ3n) is 6.67. The molecule has 0 saturated heterocycles. The van der Waals surface area contributed by atoms with Crippen molar-refractivity contribution in [3.63, 3.8) is 0 Å². The molecule has 0 amide bonds. The Morgan fingerprint density at radius 2 is 1.92 bits per heavy atom. The maximum atomic E-state index is 13.9. The summed E-state index contributed by atoms with van der Waals surface area (Å²) in [7, 11) is 2.95. The number of rotatable bonds is 9. The first-order chi connectivity index (χ1) is 18.7. The van der Waals surface area contributed by atoms with Crippen molar-refractivity contribution in [2.45, 2.75) is 46.1 Å². The molecule has 4 rings (SSSR count). The molecule has 2 heterocycles. The van der Waals surface area contributed by atoms with Crippen molar-refractivity contribution in [3.05, 3.63) is 102 Å². The first-order valence-electron chi connectivity index (χ1n) is 12.9. The van der Waals surface area contributed by atoms with Crippen LogP contribution < -0.4 is 24.4 Å². The Hall–Kier alpha value is -3.91. The third-order valence-corrected chi connectivity index (χ3v) is 7.65. The summed E-state index contributed by atoms with van der Waals surface area (Å²) >= 11 is 1.29. The van der Waals surface area contributed by atoms with Gasteiger partial charge in [-0.15, -0.1) is 6.58 Å². The van der Waals surface area contributed by atoms with Crippen molar-refractivity contribution in [1.29, 1.82) is 0 Å². The summed E-state index contributed by atoms with van der Waals surface area (Å²) in [5.74, 6) is 1.10. The normalized spacial score (nSPS) is 15.2. The fraction of sp³-hybridized carbons (Fsp3) is 0.323. The largest absolute Gasteiger partial charge is 0.493 e. The van der Waals surface area contributed by atoms with Gasteiger partial charge in [0.15, 0.2) is 16.3 Å². The van der Waals surface area contributed by atoms with Gasteiger partial charge in [0.1, 0.15) is 0 Å². The molecule has 0 fully saturated rings. The first-order valence-corrected chi connectivity index (χ1v) is 13.7. The second kappa shape index (κ2) is 11.9. The van der Waals surface area contributed by atoms with Crippen molar-refractivity contribution >= 4 is 23.4 Å². The van der Waals surface area contributed by atoms with E-state index in [2.05, 4.69) is 25.4 Å². The van der Waals surface area contributed by atoms with E-state index in [-0.39, 0.29) is 5.56 Å². The molecule has 1 aliphatic heterocycles. The Bertz CT molecular complexity index is 1610. The number of carbonyl (C=O) groups excluding carboxylic acids is 1. The van der Waals surface area contributed by atoms with Crippen LogP contribution in [0.5, 0.6) is 11.5 Å². The number of aromatic nitrogens is 1. The standard InChI is InChI=1S/C31H34N2O5S/c1-8-10-23-15-20(16-24(38-9-2)28(23)36-6)17-25-29(34)33-27(22-13-11-21(12-14-22)18(3)4)26(30(35)37-7)19(5)32-31(33)39-25/h8,11-18,27H,1,9-10H2,2-7H3/b25-17-. The molecule has 39 heavy (non-hydrogen) atoms. The SMILES string of the molecule is C=CCc1cc(/C=c2\sc3n(c2=O)C(c2ccc(C(C)C)cc2)C(C(=O)OC)=C(C)N=3)cc(OCC)c1OC. The minimum absolute atomic E-state index is 0.232. The van der Waals surface area contributed by atoms with Crippen LogP contribution in [0.25, 0.3) is 6.08 Å². The second-order valence-electron chi connectivity index (χ2n) is 9.53. The number of esters is 1. The predicted octanol–water partition coefficient (Wildman–Crippen LogP) is 4.67. The molecular weight excluding hydrogens is 512 g/mol. The number of nitrogens with zero attached hydrogens (tertiary/aromatic N) is 2. The average Bonchev–Trinajstić information content (AvgIpc) is 3.21. The van der Waals surface area contributed by atoms with Gasteiger partial charge in [-0.3, -0.25) is 9.36 Å². The lowest BCUT2D eigenvalue weighted by Gasteiger charge is -2.24. The Morgan fingerprint density at radius 1 is 1.21 bits per heavy atom. The first kappa shape index (κ1) is 28.1. The lowest BCUT2D eigenvalue weighted by molar-refractivity contribution is -0.136. The monoisotopic (exact) mass is 546 g/mol. The molecule has 3 aromatic rings. The van der Waals surface area contributed by atoms with E-state index in [1.54, 1.807) is 24.7 Å². The molecule has 8 heteroatoms. The van der Waals surface area contributed by atoms with Crippen LogP contribution in [0, 0.1) is 0 Å². The summed E-state index contributed by atoms with van der Waals surface area (Å²) in [5, 5.41) is 0. The predicted molar refractivity (Wildman–Crippen MR) is 154 cm³/mol. The highest BCUT2D eigenvalue weighted by molar-refractivity contribution is 7.07. The number of carbonyl (C=O) groups is 1. The highest BCUT2D eigenvalue weighted by Crippen LogP contribution is 2.34. The van der Waals surface area contributed by atoms with Crippen molar-refractivity contribution in [2.24, 2.45) is 4.99 Å². The van der Waals surface area contributed by atoms with E-state index >= 15 is 0 Å². The summed E-state index contributed by atoms with van der Waals surface area (Å²) in [6.07, 6.45) is 4.21. The Labute approximate surface area is 232 Å². The minimum atomic E-state index is -0.650. The van der Waals surface area contributed by atoms with Gasteiger partial charge < -0.3 is 14.2 Å². The van der Waals surface area contributed by atoms with E-state index in [4.69, 9.17) is 14.2 Å². The average molecular weight is 547 g/mol. The van der Waals surface area contributed by atoms with E-state index in [0.717, 1.165) is 16.7 Å². The zero-order chi connectivity index (χ0) is 28.3. The van der Waals surface area contributed by atoms with Crippen LogP contribution in [0.1, 0.15) is 61.9 Å². The molecular formula is C31H34N2O5S. The molecule has 204 valence electrons. The summed E-state index contributed by atoms with van der Waals surface area (Å²) in [6, 6.07) is 11.2. The molecule has 1 aliphatic rings. The van der Waals surface area contributed by atoms with E-state index in [9.17, 15) is 9.59 Å². The van der Waals surface area contributed by atoms with Gasteiger partial charge in [-0.05, 0) is 61.1 Å². The summed E-state index contributed by atoms with van der Waals surface area (Å²) in [6.45, 7) is 12.3.